The number of aromatic nitrogens is 1. The summed E-state index contributed by atoms with van der Waals surface area (Å²) in [5.74, 6) is 0. The molecule has 0 saturated heterocycles. The number of nitrogens with zero attached hydrogens (tertiary/aromatic N) is 1. The number of hydrogen-bond donors (Lipinski definition) is 1. The molecule has 0 bridgehead atoms. The summed E-state index contributed by atoms with van der Waals surface area (Å²) in [6.07, 6.45) is 3.55. The predicted octanol–water partition coefficient (Wildman–Crippen LogP) is 4.11. The summed E-state index contributed by atoms with van der Waals surface area (Å²) in [5.41, 5.74) is 2.16. The van der Waals surface area contributed by atoms with Crippen molar-refractivity contribution in [2.24, 2.45) is 0 Å². The summed E-state index contributed by atoms with van der Waals surface area (Å²) in [7, 11) is 0. The molecule has 0 radical (unpaired) electrons. The maximum Gasteiger partial charge on any atom is 0.0529 e. The van der Waals surface area contributed by atoms with Gasteiger partial charge in [-0.1, -0.05) is 33.6 Å². The number of pyridine rings is 1. The van der Waals surface area contributed by atoms with Gasteiger partial charge in [0.25, 0.3) is 0 Å². The van der Waals surface area contributed by atoms with Crippen LogP contribution in [0.2, 0.25) is 5.02 Å². The number of rotatable bonds is 3. The van der Waals surface area contributed by atoms with Crippen LogP contribution < -0.4 is 5.32 Å². The van der Waals surface area contributed by atoms with Gasteiger partial charge in [0.15, 0.2) is 0 Å². The van der Waals surface area contributed by atoms with Crippen LogP contribution >= 0.6 is 27.5 Å². The van der Waals surface area contributed by atoms with Gasteiger partial charge in [0.2, 0.25) is 0 Å². The lowest BCUT2D eigenvalue weighted by atomic mass is 10.2. The van der Waals surface area contributed by atoms with Gasteiger partial charge in [0, 0.05) is 28.4 Å². The molecule has 82 valence electrons. The molecule has 1 heterocycles. The van der Waals surface area contributed by atoms with Crippen molar-refractivity contribution in [1.29, 1.82) is 0 Å². The Kier molecular flexibility index (Phi) is 3.80. The van der Waals surface area contributed by atoms with Gasteiger partial charge in [-0.15, -0.1) is 0 Å². The largest absolute Gasteiger partial charge is 0.380 e. The first-order chi connectivity index (χ1) is 7.75. The van der Waals surface area contributed by atoms with Crippen molar-refractivity contribution in [3.63, 3.8) is 0 Å². The minimum atomic E-state index is 0.733. The highest BCUT2D eigenvalue weighted by Gasteiger charge is 2.00. The molecule has 0 saturated carbocycles. The Morgan fingerprint density at radius 3 is 2.88 bits per heavy atom. The van der Waals surface area contributed by atoms with Crippen molar-refractivity contribution in [3.05, 3.63) is 57.8 Å². The van der Waals surface area contributed by atoms with Crippen LogP contribution in [0, 0.1) is 0 Å². The quantitative estimate of drug-likeness (QED) is 0.922. The van der Waals surface area contributed by atoms with E-state index < -0.39 is 0 Å². The molecular weight excluding hydrogens is 288 g/mol. The van der Waals surface area contributed by atoms with Gasteiger partial charge < -0.3 is 5.32 Å². The fraction of sp³-hybridized carbons (Fsp3) is 0.0833. The van der Waals surface area contributed by atoms with E-state index in [9.17, 15) is 0 Å². The van der Waals surface area contributed by atoms with Gasteiger partial charge in [-0.3, -0.25) is 4.98 Å². The molecule has 1 aromatic carbocycles. The molecule has 0 aliphatic heterocycles. The average molecular weight is 298 g/mol. The van der Waals surface area contributed by atoms with Crippen molar-refractivity contribution in [2.45, 2.75) is 6.54 Å². The second kappa shape index (κ2) is 5.32. The highest BCUT2D eigenvalue weighted by Crippen LogP contribution is 2.22. The van der Waals surface area contributed by atoms with E-state index in [-0.39, 0.29) is 0 Å². The van der Waals surface area contributed by atoms with Crippen molar-refractivity contribution in [2.75, 3.05) is 5.32 Å². The normalized spacial score (nSPS) is 10.1. The first-order valence-corrected chi connectivity index (χ1v) is 6.00. The zero-order valence-electron chi connectivity index (χ0n) is 8.45. The zero-order valence-corrected chi connectivity index (χ0v) is 10.8. The first-order valence-electron chi connectivity index (χ1n) is 4.83. The standard InChI is InChI=1S/C12H10BrClN2/c13-12-6-10(14)4-3-9(12)7-16-11-2-1-5-15-8-11/h1-6,8,16H,7H2. The van der Waals surface area contributed by atoms with Gasteiger partial charge >= 0.3 is 0 Å². The second-order valence-electron chi connectivity index (χ2n) is 3.33. The molecule has 0 fully saturated rings. The van der Waals surface area contributed by atoms with Crippen LogP contribution in [0.15, 0.2) is 47.2 Å². The fourth-order valence-electron chi connectivity index (χ4n) is 1.33. The van der Waals surface area contributed by atoms with Crippen LogP contribution in [-0.4, -0.2) is 4.98 Å². The highest BCUT2D eigenvalue weighted by atomic mass is 79.9. The Hall–Kier alpha value is -1.06. The van der Waals surface area contributed by atoms with Crippen LogP contribution in [0.4, 0.5) is 5.69 Å². The maximum atomic E-state index is 5.87. The van der Waals surface area contributed by atoms with Crippen molar-refractivity contribution < 1.29 is 0 Å². The molecule has 1 N–H and O–H groups in total. The van der Waals surface area contributed by atoms with Crippen LogP contribution in [0.5, 0.6) is 0 Å². The predicted molar refractivity (Wildman–Crippen MR) is 70.7 cm³/mol. The van der Waals surface area contributed by atoms with Gasteiger partial charge in [0.05, 0.1) is 5.69 Å². The number of halogens is 2. The van der Waals surface area contributed by atoms with E-state index in [4.69, 9.17) is 11.6 Å². The number of nitrogens with one attached hydrogen (secondary N) is 1. The van der Waals surface area contributed by atoms with Gasteiger partial charge in [0.1, 0.15) is 0 Å². The van der Waals surface area contributed by atoms with Gasteiger partial charge in [-0.2, -0.15) is 0 Å². The summed E-state index contributed by atoms with van der Waals surface area (Å²) < 4.78 is 1.01. The molecule has 2 aromatic rings. The Morgan fingerprint density at radius 1 is 1.31 bits per heavy atom. The molecule has 0 aliphatic carbocycles. The molecule has 16 heavy (non-hydrogen) atoms. The Bertz CT molecular complexity index is 474. The summed E-state index contributed by atoms with van der Waals surface area (Å²) in [6.45, 7) is 0.740. The molecule has 0 spiro atoms. The Labute approximate surface area is 108 Å². The topological polar surface area (TPSA) is 24.9 Å². The SMILES string of the molecule is Clc1ccc(CNc2cccnc2)c(Br)c1. The Morgan fingerprint density at radius 2 is 2.19 bits per heavy atom. The molecule has 0 amide bonds. The molecule has 4 heteroatoms. The van der Waals surface area contributed by atoms with Crippen molar-refractivity contribution in [1.82, 2.24) is 4.98 Å². The summed E-state index contributed by atoms with van der Waals surface area (Å²) in [6, 6.07) is 9.65. The molecule has 1 aromatic heterocycles. The third-order valence-corrected chi connectivity index (χ3v) is 3.13. The first kappa shape index (κ1) is 11.4. The van der Waals surface area contributed by atoms with E-state index >= 15 is 0 Å². The van der Waals surface area contributed by atoms with Gasteiger partial charge in [-0.05, 0) is 29.8 Å². The zero-order chi connectivity index (χ0) is 11.4. The van der Waals surface area contributed by atoms with Crippen LogP contribution in [0.1, 0.15) is 5.56 Å². The van der Waals surface area contributed by atoms with E-state index in [1.165, 1.54) is 0 Å². The molecular formula is C12H10BrClN2. The number of benzene rings is 1. The summed E-state index contributed by atoms with van der Waals surface area (Å²) in [5, 5.41) is 4.02. The molecule has 0 atom stereocenters. The third-order valence-electron chi connectivity index (χ3n) is 2.16. The van der Waals surface area contributed by atoms with Crippen LogP contribution in [0.3, 0.4) is 0 Å². The maximum absolute atomic E-state index is 5.87. The average Bonchev–Trinajstić information content (AvgIpc) is 2.29. The summed E-state index contributed by atoms with van der Waals surface area (Å²) >= 11 is 9.35. The number of hydrogen-bond acceptors (Lipinski definition) is 2. The fourth-order valence-corrected chi connectivity index (χ4v) is 2.15. The van der Waals surface area contributed by atoms with Crippen LogP contribution in [-0.2, 0) is 6.54 Å². The smallest absolute Gasteiger partial charge is 0.0529 e. The lowest BCUT2D eigenvalue weighted by Crippen LogP contribution is -2.00. The van der Waals surface area contributed by atoms with E-state index in [1.54, 1.807) is 12.4 Å². The molecule has 2 rings (SSSR count). The van der Waals surface area contributed by atoms with E-state index in [2.05, 4.69) is 26.2 Å². The molecule has 0 aliphatic rings. The van der Waals surface area contributed by atoms with Crippen molar-refractivity contribution >= 4 is 33.2 Å². The van der Waals surface area contributed by atoms with Crippen LogP contribution in [0.25, 0.3) is 0 Å². The lowest BCUT2D eigenvalue weighted by molar-refractivity contribution is 1.13. The van der Waals surface area contributed by atoms with Crippen molar-refractivity contribution in [3.8, 4) is 0 Å². The van der Waals surface area contributed by atoms with E-state index in [0.717, 1.165) is 27.3 Å². The summed E-state index contributed by atoms with van der Waals surface area (Å²) in [4.78, 5) is 4.04. The minimum Gasteiger partial charge on any atom is -0.380 e. The second-order valence-corrected chi connectivity index (χ2v) is 4.62. The lowest BCUT2D eigenvalue weighted by Gasteiger charge is -2.07. The van der Waals surface area contributed by atoms with Gasteiger partial charge in [-0.25, -0.2) is 0 Å². The number of anilines is 1. The minimum absolute atomic E-state index is 0.733. The monoisotopic (exact) mass is 296 g/mol. The molecule has 2 nitrogen and oxygen atoms in total. The van der Waals surface area contributed by atoms with E-state index in [0.29, 0.717) is 0 Å². The Balaban J connectivity index is 2.05. The molecule has 0 unspecified atom stereocenters. The van der Waals surface area contributed by atoms with E-state index in [1.807, 2.05) is 30.3 Å². The third kappa shape index (κ3) is 2.97. The highest BCUT2D eigenvalue weighted by molar-refractivity contribution is 9.10.